The molecule has 0 fully saturated rings. The molecule has 1 aromatic rings. The van der Waals surface area contributed by atoms with Crippen LogP contribution in [0.3, 0.4) is 0 Å². The second kappa shape index (κ2) is 3.75. The smallest absolute Gasteiger partial charge is 0.358 e. The van der Waals surface area contributed by atoms with Crippen molar-refractivity contribution >= 4 is 22.7 Å². The summed E-state index contributed by atoms with van der Waals surface area (Å²) in [5, 5.41) is 9.66. The Balaban J connectivity index is 3.45. The maximum Gasteiger partial charge on any atom is 0.394 e. The standard InChI is InChI=1S/C7H8ClN3O3/c1-3-10-4(2)9-7(11(13)14)5(10)6(8)12/h3H2,1-2H3. The van der Waals surface area contributed by atoms with Crippen LogP contribution in [-0.2, 0) is 6.54 Å². The van der Waals surface area contributed by atoms with Crippen LogP contribution in [0.25, 0.3) is 0 Å². The van der Waals surface area contributed by atoms with Crippen LogP contribution >= 0.6 is 11.6 Å². The number of carbonyl (C=O) groups excluding carboxylic acids is 1. The largest absolute Gasteiger partial charge is 0.394 e. The van der Waals surface area contributed by atoms with Gasteiger partial charge in [-0.15, -0.1) is 0 Å². The molecule has 0 N–H and O–H groups in total. The second-order valence-electron chi connectivity index (χ2n) is 2.61. The quantitative estimate of drug-likeness (QED) is 0.437. The lowest BCUT2D eigenvalue weighted by Gasteiger charge is -1.99. The van der Waals surface area contributed by atoms with E-state index in [1.165, 1.54) is 4.57 Å². The highest BCUT2D eigenvalue weighted by atomic mass is 35.5. The first kappa shape index (κ1) is 10.6. The molecule has 0 spiro atoms. The lowest BCUT2D eigenvalue weighted by Crippen LogP contribution is -2.06. The minimum atomic E-state index is -0.862. The lowest BCUT2D eigenvalue weighted by molar-refractivity contribution is -0.389. The van der Waals surface area contributed by atoms with E-state index in [9.17, 15) is 14.9 Å². The number of carbonyl (C=O) groups is 1. The summed E-state index contributed by atoms with van der Waals surface area (Å²) in [6.07, 6.45) is 0. The fourth-order valence-electron chi connectivity index (χ4n) is 1.26. The van der Waals surface area contributed by atoms with Crippen LogP contribution in [0.1, 0.15) is 23.2 Å². The number of hydrogen-bond acceptors (Lipinski definition) is 4. The molecule has 0 bridgehead atoms. The number of aromatic nitrogens is 2. The number of aryl methyl sites for hydroxylation is 1. The fraction of sp³-hybridized carbons (Fsp3) is 0.429. The fourth-order valence-corrected chi connectivity index (χ4v) is 1.44. The van der Waals surface area contributed by atoms with Crippen LogP contribution in [0.15, 0.2) is 0 Å². The van der Waals surface area contributed by atoms with Gasteiger partial charge in [-0.2, -0.15) is 0 Å². The van der Waals surface area contributed by atoms with Crippen molar-refractivity contribution in [2.75, 3.05) is 0 Å². The molecule has 0 unspecified atom stereocenters. The predicted molar refractivity (Wildman–Crippen MR) is 49.5 cm³/mol. The van der Waals surface area contributed by atoms with Crippen LogP contribution in [0, 0.1) is 17.0 Å². The van der Waals surface area contributed by atoms with Gasteiger partial charge in [0.1, 0.15) is 0 Å². The Hall–Kier alpha value is -1.43. The van der Waals surface area contributed by atoms with E-state index in [-0.39, 0.29) is 5.69 Å². The van der Waals surface area contributed by atoms with E-state index >= 15 is 0 Å². The molecule has 7 heteroatoms. The molecular weight excluding hydrogens is 210 g/mol. The van der Waals surface area contributed by atoms with Gasteiger partial charge in [-0.25, -0.2) is 0 Å². The van der Waals surface area contributed by atoms with Crippen molar-refractivity contribution in [2.24, 2.45) is 0 Å². The van der Waals surface area contributed by atoms with Gasteiger partial charge in [0, 0.05) is 13.5 Å². The Morgan fingerprint density at radius 2 is 2.29 bits per heavy atom. The molecule has 0 aromatic carbocycles. The zero-order valence-corrected chi connectivity index (χ0v) is 8.41. The topological polar surface area (TPSA) is 78.0 Å². The Morgan fingerprint density at radius 3 is 2.64 bits per heavy atom. The van der Waals surface area contributed by atoms with Crippen molar-refractivity contribution in [3.05, 3.63) is 21.6 Å². The molecule has 1 aromatic heterocycles. The summed E-state index contributed by atoms with van der Waals surface area (Å²) in [5.74, 6) is -0.0763. The molecule has 6 nitrogen and oxygen atoms in total. The summed E-state index contributed by atoms with van der Waals surface area (Å²) in [6.45, 7) is 3.75. The van der Waals surface area contributed by atoms with Crippen LogP contribution < -0.4 is 0 Å². The van der Waals surface area contributed by atoms with E-state index in [1.54, 1.807) is 13.8 Å². The average molecular weight is 218 g/mol. The predicted octanol–water partition coefficient (Wildman–Crippen LogP) is 1.50. The van der Waals surface area contributed by atoms with E-state index in [0.717, 1.165) is 0 Å². The summed E-state index contributed by atoms with van der Waals surface area (Å²) >= 11 is 5.25. The third-order valence-corrected chi connectivity index (χ3v) is 1.99. The van der Waals surface area contributed by atoms with Gasteiger partial charge in [-0.3, -0.25) is 9.36 Å². The zero-order chi connectivity index (χ0) is 10.9. The highest BCUT2D eigenvalue weighted by molar-refractivity contribution is 6.67. The molecule has 0 aliphatic rings. The van der Waals surface area contributed by atoms with Crippen molar-refractivity contribution in [1.29, 1.82) is 0 Å². The maximum absolute atomic E-state index is 11.0. The van der Waals surface area contributed by atoms with Crippen LogP contribution in [0.5, 0.6) is 0 Å². The number of nitro groups is 1. The van der Waals surface area contributed by atoms with Gasteiger partial charge in [-0.05, 0) is 28.4 Å². The van der Waals surface area contributed by atoms with E-state index in [0.29, 0.717) is 12.4 Å². The summed E-state index contributed by atoms with van der Waals surface area (Å²) in [5.41, 5.74) is -0.156. The Kier molecular flexibility index (Phi) is 2.85. The Labute approximate surface area is 84.6 Å². The molecule has 0 radical (unpaired) electrons. The Bertz CT molecular complexity index is 399. The van der Waals surface area contributed by atoms with Gasteiger partial charge in [0.05, 0.1) is 0 Å². The molecule has 0 aliphatic heterocycles. The first-order valence-corrected chi connectivity index (χ1v) is 4.28. The molecule has 0 aliphatic carbocycles. The Morgan fingerprint density at radius 1 is 1.71 bits per heavy atom. The van der Waals surface area contributed by atoms with E-state index in [2.05, 4.69) is 4.98 Å². The highest BCUT2D eigenvalue weighted by Crippen LogP contribution is 2.20. The lowest BCUT2D eigenvalue weighted by atomic mass is 10.4. The van der Waals surface area contributed by atoms with Crippen molar-refractivity contribution in [3.8, 4) is 0 Å². The van der Waals surface area contributed by atoms with Gasteiger partial charge in [0.25, 0.3) is 5.24 Å². The summed E-state index contributed by atoms with van der Waals surface area (Å²) < 4.78 is 1.41. The maximum atomic E-state index is 11.0. The number of rotatable bonds is 3. The number of hydrogen-bond donors (Lipinski definition) is 0. The first-order chi connectivity index (χ1) is 6.49. The number of imidazole rings is 1. The van der Waals surface area contributed by atoms with E-state index in [4.69, 9.17) is 11.6 Å². The van der Waals surface area contributed by atoms with Gasteiger partial charge >= 0.3 is 5.82 Å². The normalized spacial score (nSPS) is 10.2. The van der Waals surface area contributed by atoms with Gasteiger partial charge in [0.2, 0.25) is 11.5 Å². The van der Waals surface area contributed by atoms with Crippen LogP contribution in [0.4, 0.5) is 5.82 Å². The van der Waals surface area contributed by atoms with E-state index in [1.807, 2.05) is 0 Å². The molecule has 1 heterocycles. The number of halogens is 1. The zero-order valence-electron chi connectivity index (χ0n) is 7.65. The van der Waals surface area contributed by atoms with E-state index < -0.39 is 16.0 Å². The van der Waals surface area contributed by atoms with Gasteiger partial charge < -0.3 is 10.1 Å². The minimum absolute atomic E-state index is 0.156. The molecule has 1 rings (SSSR count). The number of nitrogens with zero attached hydrogens (tertiary/aromatic N) is 3. The van der Waals surface area contributed by atoms with Crippen molar-refractivity contribution in [2.45, 2.75) is 20.4 Å². The minimum Gasteiger partial charge on any atom is -0.358 e. The second-order valence-corrected chi connectivity index (χ2v) is 2.95. The SMILES string of the molecule is CCn1c(C)nc([N+](=O)[O-])c1C(=O)Cl. The monoisotopic (exact) mass is 217 g/mol. The average Bonchev–Trinajstić information content (AvgIpc) is 2.42. The highest BCUT2D eigenvalue weighted by Gasteiger charge is 2.28. The summed E-state index contributed by atoms with van der Waals surface area (Å²) in [7, 11) is 0. The molecule has 76 valence electrons. The molecule has 0 atom stereocenters. The van der Waals surface area contributed by atoms with Crippen LogP contribution in [0.2, 0.25) is 0 Å². The molecule has 0 saturated heterocycles. The molecule has 0 amide bonds. The third-order valence-electron chi connectivity index (χ3n) is 1.82. The van der Waals surface area contributed by atoms with Gasteiger partial charge in [0.15, 0.2) is 0 Å². The molecule has 14 heavy (non-hydrogen) atoms. The van der Waals surface area contributed by atoms with Crippen LogP contribution in [-0.4, -0.2) is 19.7 Å². The third kappa shape index (κ3) is 1.60. The molecular formula is C7H8ClN3O3. The summed E-state index contributed by atoms with van der Waals surface area (Å²) in [6, 6.07) is 0. The van der Waals surface area contributed by atoms with Crippen molar-refractivity contribution in [1.82, 2.24) is 9.55 Å². The summed E-state index contributed by atoms with van der Waals surface area (Å²) in [4.78, 5) is 24.4. The van der Waals surface area contributed by atoms with Gasteiger partial charge in [-0.1, -0.05) is 0 Å². The van der Waals surface area contributed by atoms with Crippen molar-refractivity contribution < 1.29 is 9.72 Å². The first-order valence-electron chi connectivity index (χ1n) is 3.90. The van der Waals surface area contributed by atoms with Crippen molar-refractivity contribution in [3.63, 3.8) is 0 Å². The molecule has 0 saturated carbocycles.